The van der Waals surface area contributed by atoms with Crippen molar-refractivity contribution in [2.45, 2.75) is 11.3 Å². The van der Waals surface area contributed by atoms with Gasteiger partial charge >= 0.3 is 0 Å². The van der Waals surface area contributed by atoms with Crippen LogP contribution < -0.4 is 10.5 Å². The van der Waals surface area contributed by atoms with E-state index in [2.05, 4.69) is 15.3 Å². The molecule has 0 spiro atoms. The zero-order chi connectivity index (χ0) is 19.3. The van der Waals surface area contributed by atoms with E-state index in [1.807, 2.05) is 30.3 Å². The lowest BCUT2D eigenvalue weighted by Crippen LogP contribution is -2.26. The summed E-state index contributed by atoms with van der Waals surface area (Å²) in [7, 11) is -3.70. The van der Waals surface area contributed by atoms with E-state index in [1.54, 1.807) is 12.1 Å². The average molecular weight is 382 g/mol. The van der Waals surface area contributed by atoms with E-state index in [4.69, 9.17) is 5.14 Å². The Bertz CT molecular complexity index is 1020. The largest absolute Gasteiger partial charge is 0.352 e. The standard InChI is InChI=1S/C19H18N4O3S/c20-27(25,26)17-8-6-14(7-9-17)10-11-21-19(24)16-12-22-18(23-13-16)15-4-2-1-3-5-15/h1-9,12-13H,10-11H2,(H,21,24)(H2,20,25,26). The first kappa shape index (κ1) is 18.7. The molecule has 0 unspecified atom stereocenters. The number of hydrogen-bond acceptors (Lipinski definition) is 5. The number of benzene rings is 2. The molecule has 3 aromatic rings. The third-order valence-corrected chi connectivity index (χ3v) is 4.83. The maximum Gasteiger partial charge on any atom is 0.254 e. The lowest BCUT2D eigenvalue weighted by Gasteiger charge is -2.06. The fourth-order valence-corrected chi connectivity index (χ4v) is 2.97. The predicted molar refractivity (Wildman–Crippen MR) is 101 cm³/mol. The van der Waals surface area contributed by atoms with E-state index in [0.717, 1.165) is 11.1 Å². The van der Waals surface area contributed by atoms with Gasteiger partial charge in [-0.2, -0.15) is 0 Å². The molecule has 0 radical (unpaired) electrons. The van der Waals surface area contributed by atoms with Crippen LogP contribution in [-0.4, -0.2) is 30.8 Å². The minimum atomic E-state index is -3.70. The van der Waals surface area contributed by atoms with Gasteiger partial charge in [-0.25, -0.2) is 23.5 Å². The van der Waals surface area contributed by atoms with Crippen LogP contribution in [0.5, 0.6) is 0 Å². The van der Waals surface area contributed by atoms with E-state index in [-0.39, 0.29) is 10.8 Å². The van der Waals surface area contributed by atoms with Gasteiger partial charge in [0.25, 0.3) is 5.91 Å². The summed E-state index contributed by atoms with van der Waals surface area (Å²) >= 11 is 0. The topological polar surface area (TPSA) is 115 Å². The minimum Gasteiger partial charge on any atom is -0.352 e. The molecule has 1 amide bonds. The smallest absolute Gasteiger partial charge is 0.254 e. The Hall–Kier alpha value is -3.10. The molecule has 7 nitrogen and oxygen atoms in total. The van der Waals surface area contributed by atoms with Gasteiger partial charge in [0.1, 0.15) is 0 Å². The van der Waals surface area contributed by atoms with Crippen LogP contribution in [0.1, 0.15) is 15.9 Å². The minimum absolute atomic E-state index is 0.0611. The molecule has 0 aliphatic heterocycles. The fraction of sp³-hybridized carbons (Fsp3) is 0.105. The lowest BCUT2D eigenvalue weighted by atomic mass is 10.1. The van der Waals surface area contributed by atoms with Crippen molar-refractivity contribution in [1.82, 2.24) is 15.3 Å². The number of rotatable bonds is 6. The number of aromatic nitrogens is 2. The van der Waals surface area contributed by atoms with Crippen LogP contribution in [0.4, 0.5) is 0 Å². The molecule has 27 heavy (non-hydrogen) atoms. The Kier molecular flexibility index (Phi) is 5.58. The molecule has 0 aliphatic rings. The summed E-state index contributed by atoms with van der Waals surface area (Å²) < 4.78 is 22.5. The fourth-order valence-electron chi connectivity index (χ4n) is 2.45. The highest BCUT2D eigenvalue weighted by Gasteiger charge is 2.09. The summed E-state index contributed by atoms with van der Waals surface area (Å²) in [5.41, 5.74) is 2.14. The highest BCUT2D eigenvalue weighted by Crippen LogP contribution is 2.13. The molecule has 2 aromatic carbocycles. The Labute approximate surface area is 157 Å². The van der Waals surface area contributed by atoms with Gasteiger partial charge in [0.05, 0.1) is 10.5 Å². The second kappa shape index (κ2) is 8.07. The molecule has 0 saturated heterocycles. The van der Waals surface area contributed by atoms with Gasteiger partial charge in [-0.1, -0.05) is 42.5 Å². The highest BCUT2D eigenvalue weighted by molar-refractivity contribution is 7.89. The number of carbonyl (C=O) groups excluding carboxylic acids is 1. The number of nitrogens with two attached hydrogens (primary N) is 1. The van der Waals surface area contributed by atoms with Crippen molar-refractivity contribution in [3.63, 3.8) is 0 Å². The van der Waals surface area contributed by atoms with Crippen LogP contribution >= 0.6 is 0 Å². The normalized spacial score (nSPS) is 11.1. The molecule has 3 N–H and O–H groups in total. The molecule has 0 saturated carbocycles. The van der Waals surface area contributed by atoms with Gasteiger partial charge in [0, 0.05) is 24.5 Å². The predicted octanol–water partition coefficient (Wildman–Crippen LogP) is 1.76. The monoisotopic (exact) mass is 382 g/mol. The van der Waals surface area contributed by atoms with Gasteiger partial charge < -0.3 is 5.32 Å². The molecule has 0 aliphatic carbocycles. The SMILES string of the molecule is NS(=O)(=O)c1ccc(CCNC(=O)c2cnc(-c3ccccc3)nc2)cc1. The van der Waals surface area contributed by atoms with Gasteiger partial charge in [0.15, 0.2) is 5.82 Å². The number of sulfonamides is 1. The molecule has 0 atom stereocenters. The molecule has 138 valence electrons. The Morgan fingerprint density at radius 3 is 2.19 bits per heavy atom. The molecule has 0 bridgehead atoms. The van der Waals surface area contributed by atoms with Crippen molar-refractivity contribution in [2.24, 2.45) is 5.14 Å². The number of hydrogen-bond donors (Lipinski definition) is 2. The first-order valence-electron chi connectivity index (χ1n) is 8.21. The summed E-state index contributed by atoms with van der Waals surface area (Å²) in [6.07, 6.45) is 3.54. The van der Waals surface area contributed by atoms with E-state index in [0.29, 0.717) is 24.4 Å². The summed E-state index contributed by atoms with van der Waals surface area (Å²) in [5.74, 6) is 0.290. The van der Waals surface area contributed by atoms with Crippen molar-refractivity contribution in [1.29, 1.82) is 0 Å². The van der Waals surface area contributed by atoms with Crippen molar-refractivity contribution >= 4 is 15.9 Å². The van der Waals surface area contributed by atoms with Crippen LogP contribution in [-0.2, 0) is 16.4 Å². The summed E-state index contributed by atoms with van der Waals surface area (Å²) in [5, 5.41) is 7.85. The lowest BCUT2D eigenvalue weighted by molar-refractivity contribution is 0.0953. The number of carbonyl (C=O) groups is 1. The van der Waals surface area contributed by atoms with E-state index < -0.39 is 10.0 Å². The third kappa shape index (κ3) is 4.96. The number of amides is 1. The molecule has 3 rings (SSSR count). The summed E-state index contributed by atoms with van der Waals surface area (Å²) in [6.45, 7) is 0.397. The van der Waals surface area contributed by atoms with Crippen molar-refractivity contribution in [3.05, 3.63) is 78.1 Å². The first-order chi connectivity index (χ1) is 12.9. The second-order valence-corrected chi connectivity index (χ2v) is 7.42. The van der Waals surface area contributed by atoms with E-state index >= 15 is 0 Å². The van der Waals surface area contributed by atoms with Gasteiger partial charge in [0.2, 0.25) is 10.0 Å². The molecule has 8 heteroatoms. The van der Waals surface area contributed by atoms with E-state index in [1.165, 1.54) is 24.5 Å². The molecule has 1 heterocycles. The maximum atomic E-state index is 12.2. The second-order valence-electron chi connectivity index (χ2n) is 5.86. The van der Waals surface area contributed by atoms with Gasteiger partial charge in [-0.3, -0.25) is 4.79 Å². The Morgan fingerprint density at radius 2 is 1.59 bits per heavy atom. The average Bonchev–Trinajstić information content (AvgIpc) is 2.68. The van der Waals surface area contributed by atoms with Gasteiger partial charge in [-0.05, 0) is 24.1 Å². The molecular formula is C19H18N4O3S. The van der Waals surface area contributed by atoms with Crippen molar-refractivity contribution in [3.8, 4) is 11.4 Å². The summed E-state index contributed by atoms with van der Waals surface area (Å²) in [6, 6.07) is 15.7. The molecule has 1 aromatic heterocycles. The van der Waals surface area contributed by atoms with Crippen LogP contribution in [0.15, 0.2) is 71.9 Å². The highest BCUT2D eigenvalue weighted by atomic mass is 32.2. The summed E-state index contributed by atoms with van der Waals surface area (Å²) in [4.78, 5) is 20.7. The maximum absolute atomic E-state index is 12.2. The number of primary sulfonamides is 1. The van der Waals surface area contributed by atoms with Crippen LogP contribution in [0, 0.1) is 0 Å². The molecular weight excluding hydrogens is 364 g/mol. The number of nitrogens with zero attached hydrogens (tertiary/aromatic N) is 2. The van der Waals surface area contributed by atoms with Crippen LogP contribution in [0.2, 0.25) is 0 Å². The van der Waals surface area contributed by atoms with Gasteiger partial charge in [-0.15, -0.1) is 0 Å². The zero-order valence-corrected chi connectivity index (χ0v) is 15.2. The third-order valence-electron chi connectivity index (χ3n) is 3.90. The zero-order valence-electron chi connectivity index (χ0n) is 14.4. The van der Waals surface area contributed by atoms with Crippen molar-refractivity contribution in [2.75, 3.05) is 6.54 Å². The van der Waals surface area contributed by atoms with Crippen molar-refractivity contribution < 1.29 is 13.2 Å². The quantitative estimate of drug-likeness (QED) is 0.674. The Morgan fingerprint density at radius 1 is 0.963 bits per heavy atom. The molecule has 0 fully saturated rings. The van der Waals surface area contributed by atoms with Crippen LogP contribution in [0.25, 0.3) is 11.4 Å². The first-order valence-corrected chi connectivity index (χ1v) is 9.75. The van der Waals surface area contributed by atoms with Crippen LogP contribution in [0.3, 0.4) is 0 Å². The Balaban J connectivity index is 1.55. The van der Waals surface area contributed by atoms with E-state index in [9.17, 15) is 13.2 Å². The number of nitrogens with one attached hydrogen (secondary N) is 1.